The van der Waals surface area contributed by atoms with Crippen molar-refractivity contribution in [1.82, 2.24) is 0 Å². The van der Waals surface area contributed by atoms with Crippen LogP contribution in [0.5, 0.6) is 0 Å². The molecule has 60 valence electrons. The van der Waals surface area contributed by atoms with Crippen LogP contribution < -0.4 is 5.14 Å². The molecule has 2 N–H and O–H groups in total. The molecule has 1 atom stereocenters. The maximum Gasteiger partial charge on any atom is 0.231 e. The van der Waals surface area contributed by atoms with Gasteiger partial charge in [0.2, 0.25) is 11.3 Å². The molecule has 0 amide bonds. The van der Waals surface area contributed by atoms with Crippen molar-refractivity contribution in [2.45, 2.75) is 6.61 Å². The Bertz CT molecular complexity index is 237. The molecule has 0 spiro atoms. The van der Waals surface area contributed by atoms with E-state index < -0.39 is 11.3 Å². The molecule has 0 aliphatic heterocycles. The van der Waals surface area contributed by atoms with Gasteiger partial charge in [0, 0.05) is 0 Å². The lowest BCUT2D eigenvalue weighted by molar-refractivity contribution is 0.338. The molecule has 3 nitrogen and oxygen atoms in total. The highest BCUT2D eigenvalue weighted by atomic mass is 32.2. The van der Waals surface area contributed by atoms with Gasteiger partial charge >= 0.3 is 0 Å². The van der Waals surface area contributed by atoms with E-state index in [9.17, 15) is 4.21 Å². The van der Waals surface area contributed by atoms with Gasteiger partial charge in [-0.3, -0.25) is 4.18 Å². The Balaban J connectivity index is 2.45. The summed E-state index contributed by atoms with van der Waals surface area (Å²) in [5, 5.41) is 4.89. The largest absolute Gasteiger partial charge is 0.274 e. The van der Waals surface area contributed by atoms with Crippen LogP contribution in [0, 0.1) is 0 Å². The molecular weight excluding hydrogens is 162 g/mol. The second-order valence-electron chi connectivity index (χ2n) is 2.01. The van der Waals surface area contributed by atoms with E-state index in [1.54, 1.807) is 0 Å². The maximum absolute atomic E-state index is 10.3. The molecule has 4 heteroatoms. The highest BCUT2D eigenvalue weighted by Gasteiger charge is 1.92. The lowest BCUT2D eigenvalue weighted by Crippen LogP contribution is -2.06. The highest BCUT2D eigenvalue weighted by Crippen LogP contribution is 1.99. The van der Waals surface area contributed by atoms with E-state index in [4.69, 9.17) is 5.14 Å². The van der Waals surface area contributed by atoms with Gasteiger partial charge < -0.3 is 0 Å². The van der Waals surface area contributed by atoms with Crippen LogP contribution in [0.25, 0.3) is 0 Å². The number of rotatable bonds is 3. The zero-order valence-corrected chi connectivity index (χ0v) is 6.71. The van der Waals surface area contributed by atoms with E-state index >= 15 is 0 Å². The lowest BCUT2D eigenvalue weighted by atomic mass is 10.2. The zero-order chi connectivity index (χ0) is 8.10. The van der Waals surface area contributed by atoms with Crippen LogP contribution in [0.1, 0.15) is 5.56 Å². The molecule has 1 unspecified atom stereocenters. The van der Waals surface area contributed by atoms with Gasteiger partial charge in [-0.1, -0.05) is 30.3 Å². The average molecular weight is 171 g/mol. The maximum atomic E-state index is 10.3. The van der Waals surface area contributed by atoms with E-state index in [-0.39, 0.29) is 0 Å². The van der Waals surface area contributed by atoms with Gasteiger partial charge in [-0.2, -0.15) is 0 Å². The fraction of sp³-hybridized carbons (Fsp3) is 0.143. The van der Waals surface area contributed by atoms with Gasteiger partial charge in [0.05, 0.1) is 6.61 Å². The van der Waals surface area contributed by atoms with Crippen molar-refractivity contribution < 1.29 is 8.39 Å². The summed E-state index contributed by atoms with van der Waals surface area (Å²) in [6.45, 7) is 0.296. The zero-order valence-electron chi connectivity index (χ0n) is 5.90. The Hall–Kier alpha value is -0.710. The minimum Gasteiger partial charge on any atom is -0.274 e. The molecule has 11 heavy (non-hydrogen) atoms. The first-order valence-electron chi connectivity index (χ1n) is 3.12. The third kappa shape index (κ3) is 3.27. The van der Waals surface area contributed by atoms with Crippen LogP contribution in [0.15, 0.2) is 30.3 Å². The first-order valence-corrected chi connectivity index (χ1v) is 4.26. The van der Waals surface area contributed by atoms with Crippen molar-refractivity contribution in [1.29, 1.82) is 0 Å². The molecule has 0 radical (unpaired) electrons. The summed E-state index contributed by atoms with van der Waals surface area (Å²) in [6, 6.07) is 9.44. The smallest absolute Gasteiger partial charge is 0.231 e. The molecule has 0 aliphatic rings. The van der Waals surface area contributed by atoms with E-state index in [1.165, 1.54) is 0 Å². The van der Waals surface area contributed by atoms with Crippen molar-refractivity contribution in [3.8, 4) is 0 Å². The number of hydrogen-bond acceptors (Lipinski definition) is 2. The number of nitrogens with two attached hydrogens (primary N) is 1. The molecule has 1 aromatic carbocycles. The fourth-order valence-corrected chi connectivity index (χ4v) is 0.953. The molecule has 0 aliphatic carbocycles. The summed E-state index contributed by atoms with van der Waals surface area (Å²) < 4.78 is 15.0. The van der Waals surface area contributed by atoms with Gasteiger partial charge in [-0.25, -0.2) is 9.35 Å². The SMILES string of the molecule is NS(=O)OCc1ccccc1. The van der Waals surface area contributed by atoms with Gasteiger partial charge in [-0.05, 0) is 5.56 Å². The molecule has 1 aromatic rings. The summed E-state index contributed by atoms with van der Waals surface area (Å²) >= 11 is -1.67. The van der Waals surface area contributed by atoms with Crippen LogP contribution in [-0.4, -0.2) is 4.21 Å². The predicted molar refractivity (Wildman–Crippen MR) is 43.6 cm³/mol. The fourth-order valence-electron chi connectivity index (χ4n) is 0.700. The third-order valence-electron chi connectivity index (χ3n) is 1.18. The molecule has 1 rings (SSSR count). The quantitative estimate of drug-likeness (QED) is 0.729. The molecule has 0 aromatic heterocycles. The van der Waals surface area contributed by atoms with Gasteiger partial charge in [0.25, 0.3) is 0 Å². The van der Waals surface area contributed by atoms with Crippen LogP contribution in [0.3, 0.4) is 0 Å². The first-order chi connectivity index (χ1) is 5.29. The Morgan fingerprint density at radius 2 is 2.00 bits per heavy atom. The molecule has 0 saturated carbocycles. The minimum atomic E-state index is -1.67. The second-order valence-corrected chi connectivity index (χ2v) is 2.76. The van der Waals surface area contributed by atoms with Crippen molar-refractivity contribution in [2.24, 2.45) is 5.14 Å². The summed E-state index contributed by atoms with van der Waals surface area (Å²) in [6.07, 6.45) is 0. The van der Waals surface area contributed by atoms with Gasteiger partial charge in [0.1, 0.15) is 0 Å². The average Bonchev–Trinajstić information content (AvgIpc) is 2.03. The first kappa shape index (κ1) is 8.39. The van der Waals surface area contributed by atoms with Gasteiger partial charge in [-0.15, -0.1) is 0 Å². The topological polar surface area (TPSA) is 52.3 Å². The molecular formula is C7H9NO2S. The van der Waals surface area contributed by atoms with Crippen molar-refractivity contribution in [3.05, 3.63) is 35.9 Å². The molecule has 0 bridgehead atoms. The standard InChI is InChI=1S/C7H9NO2S/c8-11(9)10-6-7-4-2-1-3-5-7/h1-5H,6,8H2. The lowest BCUT2D eigenvalue weighted by Gasteiger charge is -1.97. The predicted octanol–water partition coefficient (Wildman–Crippen LogP) is 0.741. The number of hydrogen-bond donors (Lipinski definition) is 1. The summed E-state index contributed by atoms with van der Waals surface area (Å²) in [4.78, 5) is 0. The Labute approximate surface area is 68.0 Å². The minimum absolute atomic E-state index is 0.296. The van der Waals surface area contributed by atoms with Crippen LogP contribution in [-0.2, 0) is 22.1 Å². The third-order valence-corrected chi connectivity index (χ3v) is 1.53. The van der Waals surface area contributed by atoms with E-state index in [0.29, 0.717) is 6.61 Å². The molecule has 0 heterocycles. The summed E-state index contributed by atoms with van der Waals surface area (Å²) in [5.41, 5.74) is 0.964. The van der Waals surface area contributed by atoms with Crippen LogP contribution >= 0.6 is 0 Å². The highest BCUT2D eigenvalue weighted by molar-refractivity contribution is 7.77. The van der Waals surface area contributed by atoms with Crippen LogP contribution in [0.2, 0.25) is 0 Å². The van der Waals surface area contributed by atoms with Gasteiger partial charge in [0.15, 0.2) is 0 Å². The second kappa shape index (κ2) is 4.23. The van der Waals surface area contributed by atoms with E-state index in [1.807, 2.05) is 30.3 Å². The normalized spacial score (nSPS) is 12.8. The van der Waals surface area contributed by atoms with Crippen LogP contribution in [0.4, 0.5) is 0 Å². The van der Waals surface area contributed by atoms with Crippen molar-refractivity contribution in [3.63, 3.8) is 0 Å². The Morgan fingerprint density at radius 1 is 1.36 bits per heavy atom. The Morgan fingerprint density at radius 3 is 2.55 bits per heavy atom. The summed E-state index contributed by atoms with van der Waals surface area (Å²) in [5.74, 6) is 0. The van der Waals surface area contributed by atoms with Crippen molar-refractivity contribution in [2.75, 3.05) is 0 Å². The van der Waals surface area contributed by atoms with E-state index in [0.717, 1.165) is 5.56 Å². The van der Waals surface area contributed by atoms with E-state index in [2.05, 4.69) is 4.18 Å². The Kier molecular flexibility index (Phi) is 3.22. The summed E-state index contributed by atoms with van der Waals surface area (Å²) in [7, 11) is 0. The number of benzene rings is 1. The van der Waals surface area contributed by atoms with Crippen molar-refractivity contribution >= 4 is 11.3 Å². The molecule has 0 fully saturated rings. The molecule has 0 saturated heterocycles. The monoisotopic (exact) mass is 171 g/mol.